The smallest absolute Gasteiger partial charge is 0.415 e. The van der Waals surface area contributed by atoms with E-state index in [1.54, 1.807) is 46.7 Å². The molecule has 8 amide bonds. The average Bonchev–Trinajstić information content (AvgIpc) is 1.69. The Labute approximate surface area is 538 Å². The number of alkyl carbamates (subject to hydrolysis) is 1. The summed E-state index contributed by atoms with van der Waals surface area (Å²) in [5.41, 5.74) is 14.0. The van der Waals surface area contributed by atoms with E-state index in [4.69, 9.17) is 43.1 Å². The number of hydrogen-bond acceptors (Lipinski definition) is 11. The molecule has 7 aromatic carbocycles. The molecule has 21 heteroatoms. The minimum atomic E-state index is -1.07. The SMILES string of the molecule is CC(C)C(NC(=O)OCC1c2ccccc2-c2ccccc21)C(=O)NC(CCCNC(N)=O)C(=O)Nc1ccc(COc2cc3c(c4ccccc24)[C@H](CCl)CN3C(=O)CCCC(=O)N2C[C@@H](CCl)c3c2cc(OC(=O)N2CCN(C)CC2)c2ccccc32)cc1. The van der Waals surface area contributed by atoms with Crippen LogP contribution >= 0.6 is 23.2 Å². The molecule has 474 valence electrons. The minimum Gasteiger partial charge on any atom is -0.488 e. The lowest BCUT2D eigenvalue weighted by Crippen LogP contribution is -2.54. The summed E-state index contributed by atoms with van der Waals surface area (Å²) in [6, 6.07) is 39.4. The quantitative estimate of drug-likeness (QED) is 0.0316. The lowest BCUT2D eigenvalue weighted by atomic mass is 9.95. The zero-order valence-corrected chi connectivity index (χ0v) is 52.7. The molecule has 3 aliphatic heterocycles. The van der Waals surface area contributed by atoms with Crippen LogP contribution in [0.1, 0.15) is 91.5 Å². The topological polar surface area (TPSA) is 234 Å². The number of halogens is 2. The summed E-state index contributed by atoms with van der Waals surface area (Å²) in [6.07, 6.45) is -0.314. The fraction of sp³-hybridized carbons (Fsp3) is 0.357. The van der Waals surface area contributed by atoms with E-state index in [1.807, 2.05) is 122 Å². The Morgan fingerprint density at radius 3 is 1.74 bits per heavy atom. The molecule has 6 N–H and O–H groups in total. The fourth-order valence-corrected chi connectivity index (χ4v) is 13.5. The predicted octanol–water partition coefficient (Wildman–Crippen LogP) is 11.0. The first-order valence-electron chi connectivity index (χ1n) is 31.1. The van der Waals surface area contributed by atoms with Crippen LogP contribution in [0.25, 0.3) is 32.7 Å². The summed E-state index contributed by atoms with van der Waals surface area (Å²) in [6.45, 7) is 7.20. The zero-order chi connectivity index (χ0) is 63.9. The number of primary amides is 1. The van der Waals surface area contributed by atoms with E-state index in [2.05, 4.69) is 26.2 Å². The summed E-state index contributed by atoms with van der Waals surface area (Å²) in [7, 11) is 2.02. The van der Waals surface area contributed by atoms with E-state index < -0.39 is 42.1 Å². The van der Waals surface area contributed by atoms with Crippen LogP contribution in [0.2, 0.25) is 0 Å². The van der Waals surface area contributed by atoms with Gasteiger partial charge in [-0.15, -0.1) is 23.2 Å². The molecule has 3 heterocycles. The number of nitrogens with two attached hydrogens (primary N) is 1. The Kier molecular flexibility index (Phi) is 19.9. The van der Waals surface area contributed by atoms with Crippen LogP contribution < -0.4 is 46.3 Å². The lowest BCUT2D eigenvalue weighted by molar-refractivity contribution is -0.128. The molecule has 2 unspecified atom stereocenters. The number of piperazine rings is 1. The number of carbonyl (C=O) groups is 7. The number of urea groups is 1. The van der Waals surface area contributed by atoms with Gasteiger partial charge in [0.25, 0.3) is 0 Å². The Balaban J connectivity index is 0.722. The molecular weight excluding hydrogens is 1200 g/mol. The van der Waals surface area contributed by atoms with Crippen LogP contribution in [0.5, 0.6) is 11.5 Å². The molecule has 0 bridgehead atoms. The van der Waals surface area contributed by atoms with E-state index in [9.17, 15) is 33.6 Å². The van der Waals surface area contributed by atoms with Crippen molar-refractivity contribution in [1.29, 1.82) is 0 Å². The molecular formula is C70H75Cl2N9O10. The maximum absolute atomic E-state index is 14.4. The van der Waals surface area contributed by atoms with Crippen molar-refractivity contribution in [1.82, 2.24) is 25.8 Å². The van der Waals surface area contributed by atoms with Crippen molar-refractivity contribution in [3.05, 3.63) is 161 Å². The molecule has 0 aromatic heterocycles. The maximum Gasteiger partial charge on any atom is 0.415 e. The summed E-state index contributed by atoms with van der Waals surface area (Å²) >= 11 is 13.3. The number of likely N-dealkylation sites (N-methyl/N-ethyl adjacent to an activating group) is 1. The zero-order valence-electron chi connectivity index (χ0n) is 51.2. The summed E-state index contributed by atoms with van der Waals surface area (Å²) in [5, 5.41) is 14.4. The Morgan fingerprint density at radius 2 is 1.18 bits per heavy atom. The first-order chi connectivity index (χ1) is 44.1. The van der Waals surface area contributed by atoms with Gasteiger partial charge in [0, 0.05) is 117 Å². The molecule has 11 rings (SSSR count). The van der Waals surface area contributed by atoms with Crippen LogP contribution in [-0.2, 0) is 30.5 Å². The average molecular weight is 1270 g/mol. The largest absolute Gasteiger partial charge is 0.488 e. The third-order valence-corrected chi connectivity index (χ3v) is 18.5. The Hall–Kier alpha value is -8.91. The van der Waals surface area contributed by atoms with Crippen molar-refractivity contribution in [2.24, 2.45) is 11.7 Å². The second kappa shape index (κ2) is 28.5. The number of ether oxygens (including phenoxy) is 3. The van der Waals surface area contributed by atoms with Crippen molar-refractivity contribution >= 4 is 104 Å². The number of carbonyl (C=O) groups excluding carboxylic acids is 7. The monoisotopic (exact) mass is 1270 g/mol. The molecule has 0 spiro atoms. The van der Waals surface area contributed by atoms with Crippen molar-refractivity contribution in [2.45, 2.75) is 82.4 Å². The maximum atomic E-state index is 14.4. The van der Waals surface area contributed by atoms with Gasteiger partial charge in [0.2, 0.25) is 23.6 Å². The summed E-state index contributed by atoms with van der Waals surface area (Å²) in [4.78, 5) is 102. The van der Waals surface area contributed by atoms with Gasteiger partial charge in [-0.25, -0.2) is 14.4 Å². The third kappa shape index (κ3) is 14.0. The van der Waals surface area contributed by atoms with Gasteiger partial charge in [0.15, 0.2) is 0 Å². The number of anilines is 3. The highest BCUT2D eigenvalue weighted by Gasteiger charge is 2.38. The Morgan fingerprint density at radius 1 is 0.637 bits per heavy atom. The van der Waals surface area contributed by atoms with E-state index >= 15 is 0 Å². The summed E-state index contributed by atoms with van der Waals surface area (Å²) < 4.78 is 18.4. The van der Waals surface area contributed by atoms with Gasteiger partial charge < -0.3 is 60.8 Å². The van der Waals surface area contributed by atoms with Gasteiger partial charge in [-0.1, -0.05) is 123 Å². The highest BCUT2D eigenvalue weighted by molar-refractivity contribution is 6.19. The molecule has 4 aliphatic rings. The van der Waals surface area contributed by atoms with Crippen LogP contribution in [0.4, 0.5) is 31.4 Å². The van der Waals surface area contributed by atoms with Crippen LogP contribution in [0, 0.1) is 5.92 Å². The molecule has 19 nitrogen and oxygen atoms in total. The fourth-order valence-electron chi connectivity index (χ4n) is 13.0. The molecule has 91 heavy (non-hydrogen) atoms. The van der Waals surface area contributed by atoms with Gasteiger partial charge in [0.1, 0.15) is 36.8 Å². The number of nitrogens with zero attached hydrogens (tertiary/aromatic N) is 4. The Bertz CT molecular complexity index is 3850. The highest BCUT2D eigenvalue weighted by Crippen LogP contribution is 2.49. The molecule has 1 aliphatic carbocycles. The van der Waals surface area contributed by atoms with Crippen LogP contribution in [-0.4, -0.2) is 135 Å². The van der Waals surface area contributed by atoms with E-state index in [0.29, 0.717) is 61.2 Å². The van der Waals surface area contributed by atoms with Gasteiger partial charge in [-0.3, -0.25) is 19.2 Å². The van der Waals surface area contributed by atoms with Gasteiger partial charge in [0.05, 0.1) is 11.4 Å². The highest BCUT2D eigenvalue weighted by atomic mass is 35.5. The first kappa shape index (κ1) is 63.7. The third-order valence-electron chi connectivity index (χ3n) is 17.8. The predicted molar refractivity (Wildman–Crippen MR) is 353 cm³/mol. The van der Waals surface area contributed by atoms with Crippen molar-refractivity contribution < 1.29 is 47.8 Å². The van der Waals surface area contributed by atoms with Crippen molar-refractivity contribution in [2.75, 3.05) is 86.3 Å². The molecule has 1 saturated heterocycles. The molecule has 1 fully saturated rings. The number of amides is 8. The number of alkyl halides is 2. The minimum absolute atomic E-state index is 0.0551. The second-order valence-corrected chi connectivity index (χ2v) is 24.7. The number of nitrogens with one attached hydrogen (secondary N) is 4. The van der Waals surface area contributed by atoms with Crippen LogP contribution in [0.3, 0.4) is 0 Å². The summed E-state index contributed by atoms with van der Waals surface area (Å²) in [5.74, 6) is -0.819. The standard InChI is InChI=1S/C70H75Cl2N9O10/c1-42(2)65(77-69(87)90-41-55-49-16-6-4-14-47(49)48-15-5-7-17-50(48)55)67(85)76-56(22-13-29-74-68(73)86)66(84)75-46-27-25-43(26-28-46)40-89-59-34-57-63(53-20-10-8-18-51(53)59)44(36-71)38-80(57)61(82)23-12-24-62(83)81-39-45(37-72)64-54-21-11-9-19-52(54)60(35-58(64)81)91-70(88)79-32-30-78(3)31-33-79/h4-11,14-21,25-28,34-35,42,44-45,55-56,65H,12-13,22-24,29-33,36-41H2,1-3H3,(H,75,84)(H,76,85)(H,77,87)(H3,73,74,86)/t44-,45-,56?,65?/m1/s1. The van der Waals surface area contributed by atoms with Crippen LogP contribution in [0.15, 0.2) is 133 Å². The van der Waals surface area contributed by atoms with Gasteiger partial charge >= 0.3 is 18.2 Å². The molecule has 0 saturated carbocycles. The molecule has 4 atom stereocenters. The first-order valence-corrected chi connectivity index (χ1v) is 32.1. The van der Waals surface area contributed by atoms with E-state index in [-0.39, 0.29) is 92.7 Å². The molecule has 0 radical (unpaired) electrons. The number of rotatable bonds is 22. The van der Waals surface area contributed by atoms with Gasteiger partial charge in [-0.05, 0) is 94.1 Å². The number of fused-ring (bicyclic) bond motifs is 9. The second-order valence-electron chi connectivity index (χ2n) is 24.1. The van der Waals surface area contributed by atoms with Crippen molar-refractivity contribution in [3.8, 4) is 22.6 Å². The number of benzene rings is 7. The lowest BCUT2D eigenvalue weighted by Gasteiger charge is -2.31. The van der Waals surface area contributed by atoms with E-state index in [0.717, 1.165) is 73.6 Å². The normalized spacial score (nSPS) is 16.6. The van der Waals surface area contributed by atoms with E-state index in [1.165, 1.54) is 0 Å². The van der Waals surface area contributed by atoms with Gasteiger partial charge in [-0.2, -0.15) is 0 Å². The van der Waals surface area contributed by atoms with Crippen molar-refractivity contribution in [3.63, 3.8) is 0 Å². The number of hydrogen-bond donors (Lipinski definition) is 5. The molecule has 7 aromatic rings.